The van der Waals surface area contributed by atoms with Gasteiger partial charge in [-0.3, -0.25) is 0 Å². The third-order valence-electron chi connectivity index (χ3n) is 2.62. The summed E-state index contributed by atoms with van der Waals surface area (Å²) >= 11 is 0. The highest BCUT2D eigenvalue weighted by atomic mass is 16.5. The van der Waals surface area contributed by atoms with Crippen molar-refractivity contribution in [1.29, 1.82) is 0 Å². The molecule has 1 heterocycles. The smallest absolute Gasteiger partial charge is 0.335 e. The van der Waals surface area contributed by atoms with Crippen molar-refractivity contribution in [2.75, 3.05) is 13.2 Å². The summed E-state index contributed by atoms with van der Waals surface area (Å²) in [5.74, 6) is -0.303. The molecular formula is C12H14O4. The summed E-state index contributed by atoms with van der Waals surface area (Å²) in [5.41, 5.74) is 1.19. The van der Waals surface area contributed by atoms with Crippen molar-refractivity contribution >= 4 is 5.97 Å². The first kappa shape index (κ1) is 11.0. The number of hydrogen-bond donors (Lipinski definition) is 1. The van der Waals surface area contributed by atoms with E-state index in [2.05, 4.69) is 0 Å². The van der Waals surface area contributed by atoms with Crippen LogP contribution in [0.5, 0.6) is 5.75 Å². The number of aryl methyl sites for hydroxylation is 1. The van der Waals surface area contributed by atoms with E-state index in [-0.39, 0.29) is 11.7 Å². The average Bonchev–Trinajstić information content (AvgIpc) is 2.73. The number of aromatic carboxylic acids is 1. The van der Waals surface area contributed by atoms with Gasteiger partial charge < -0.3 is 14.6 Å². The molecule has 1 atom stereocenters. The van der Waals surface area contributed by atoms with Crippen LogP contribution in [0.2, 0.25) is 0 Å². The van der Waals surface area contributed by atoms with Gasteiger partial charge in [0.2, 0.25) is 0 Å². The molecule has 0 bridgehead atoms. The van der Waals surface area contributed by atoms with E-state index < -0.39 is 5.97 Å². The molecule has 1 N–H and O–H groups in total. The van der Waals surface area contributed by atoms with E-state index in [0.29, 0.717) is 19.0 Å². The summed E-state index contributed by atoms with van der Waals surface area (Å²) in [6.07, 6.45) is 0.902. The van der Waals surface area contributed by atoms with E-state index in [4.69, 9.17) is 14.6 Å². The second-order valence-electron chi connectivity index (χ2n) is 3.89. The number of benzene rings is 1. The topological polar surface area (TPSA) is 55.8 Å². The fraction of sp³-hybridized carbons (Fsp3) is 0.417. The van der Waals surface area contributed by atoms with Gasteiger partial charge in [0, 0.05) is 6.42 Å². The zero-order valence-corrected chi connectivity index (χ0v) is 9.10. The van der Waals surface area contributed by atoms with Crippen LogP contribution >= 0.6 is 0 Å². The Bertz CT molecular complexity index is 394. The molecule has 4 heteroatoms. The molecule has 16 heavy (non-hydrogen) atoms. The van der Waals surface area contributed by atoms with Gasteiger partial charge in [0.15, 0.2) is 0 Å². The van der Waals surface area contributed by atoms with E-state index in [9.17, 15) is 4.79 Å². The van der Waals surface area contributed by atoms with Crippen molar-refractivity contribution < 1.29 is 19.4 Å². The second-order valence-corrected chi connectivity index (χ2v) is 3.89. The standard InChI is InChI=1S/C12H14O4/c1-8-2-3-9(12(13)14)6-11(8)16-10-4-5-15-7-10/h2-3,6,10H,4-5,7H2,1H3,(H,13,14). The number of rotatable bonds is 3. The third-order valence-corrected chi connectivity index (χ3v) is 2.62. The molecule has 1 aliphatic rings. The molecule has 1 unspecified atom stereocenters. The maximum atomic E-state index is 10.8. The van der Waals surface area contributed by atoms with Crippen LogP contribution in [-0.4, -0.2) is 30.4 Å². The Labute approximate surface area is 93.8 Å². The highest BCUT2D eigenvalue weighted by molar-refractivity contribution is 5.88. The second kappa shape index (κ2) is 4.53. The predicted octanol–water partition coefficient (Wildman–Crippen LogP) is 1.86. The molecule has 0 saturated carbocycles. The molecule has 2 rings (SSSR count). The Morgan fingerprint density at radius 1 is 1.56 bits per heavy atom. The molecule has 0 amide bonds. The first-order chi connectivity index (χ1) is 7.66. The van der Waals surface area contributed by atoms with E-state index >= 15 is 0 Å². The summed E-state index contributed by atoms with van der Waals surface area (Å²) in [7, 11) is 0. The lowest BCUT2D eigenvalue weighted by Crippen LogP contribution is -2.16. The number of carboxylic acids is 1. The average molecular weight is 222 g/mol. The van der Waals surface area contributed by atoms with Crippen LogP contribution in [0.3, 0.4) is 0 Å². The molecule has 86 valence electrons. The molecular weight excluding hydrogens is 208 g/mol. The Morgan fingerprint density at radius 3 is 3.00 bits per heavy atom. The van der Waals surface area contributed by atoms with Gasteiger partial charge in [0.1, 0.15) is 11.9 Å². The normalized spacial score (nSPS) is 19.7. The summed E-state index contributed by atoms with van der Waals surface area (Å²) in [6.45, 7) is 3.19. The van der Waals surface area contributed by atoms with Crippen LogP contribution in [0.15, 0.2) is 18.2 Å². The lowest BCUT2D eigenvalue weighted by Gasteiger charge is -2.14. The number of ether oxygens (including phenoxy) is 2. The molecule has 1 aliphatic heterocycles. The maximum Gasteiger partial charge on any atom is 0.335 e. The number of carbonyl (C=O) groups is 1. The van der Waals surface area contributed by atoms with Crippen LogP contribution < -0.4 is 4.74 Å². The van der Waals surface area contributed by atoms with Crippen molar-refractivity contribution in [3.63, 3.8) is 0 Å². The highest BCUT2D eigenvalue weighted by Crippen LogP contribution is 2.23. The van der Waals surface area contributed by atoms with Crippen molar-refractivity contribution in [3.8, 4) is 5.75 Å². The minimum Gasteiger partial charge on any atom is -0.488 e. The van der Waals surface area contributed by atoms with Gasteiger partial charge in [-0.25, -0.2) is 4.79 Å². The summed E-state index contributed by atoms with van der Waals surface area (Å²) in [4.78, 5) is 10.8. The fourth-order valence-corrected chi connectivity index (χ4v) is 1.65. The number of carboxylic acid groups (broad SMARTS) is 1. The van der Waals surface area contributed by atoms with E-state index in [0.717, 1.165) is 12.0 Å². The third kappa shape index (κ3) is 2.33. The Balaban J connectivity index is 2.17. The van der Waals surface area contributed by atoms with E-state index in [1.165, 1.54) is 0 Å². The lowest BCUT2D eigenvalue weighted by atomic mass is 10.1. The quantitative estimate of drug-likeness (QED) is 0.848. The summed E-state index contributed by atoms with van der Waals surface area (Å²) in [6, 6.07) is 4.90. The summed E-state index contributed by atoms with van der Waals surface area (Å²) in [5, 5.41) is 8.88. The SMILES string of the molecule is Cc1ccc(C(=O)O)cc1OC1CCOC1. The molecule has 0 radical (unpaired) electrons. The van der Waals surface area contributed by atoms with Gasteiger partial charge in [0.25, 0.3) is 0 Å². The molecule has 1 aromatic rings. The fourth-order valence-electron chi connectivity index (χ4n) is 1.65. The molecule has 1 aromatic carbocycles. The van der Waals surface area contributed by atoms with Gasteiger partial charge in [-0.1, -0.05) is 6.07 Å². The molecule has 0 aliphatic carbocycles. The van der Waals surface area contributed by atoms with Gasteiger partial charge in [-0.2, -0.15) is 0 Å². The monoisotopic (exact) mass is 222 g/mol. The van der Waals surface area contributed by atoms with Crippen molar-refractivity contribution in [2.45, 2.75) is 19.4 Å². The van der Waals surface area contributed by atoms with Crippen LogP contribution in [0, 0.1) is 6.92 Å². The van der Waals surface area contributed by atoms with Crippen LogP contribution in [-0.2, 0) is 4.74 Å². The first-order valence-electron chi connectivity index (χ1n) is 5.25. The minimum absolute atomic E-state index is 0.0442. The zero-order valence-electron chi connectivity index (χ0n) is 9.10. The molecule has 0 spiro atoms. The lowest BCUT2D eigenvalue weighted by molar-refractivity contribution is 0.0696. The summed E-state index contributed by atoms with van der Waals surface area (Å²) < 4.78 is 10.9. The number of hydrogen-bond acceptors (Lipinski definition) is 3. The predicted molar refractivity (Wildman–Crippen MR) is 58.0 cm³/mol. The Kier molecular flexibility index (Phi) is 3.10. The van der Waals surface area contributed by atoms with E-state index in [1.807, 2.05) is 6.92 Å². The minimum atomic E-state index is -0.937. The molecule has 4 nitrogen and oxygen atoms in total. The maximum absolute atomic E-state index is 10.8. The van der Waals surface area contributed by atoms with Crippen molar-refractivity contribution in [3.05, 3.63) is 29.3 Å². The first-order valence-corrected chi connectivity index (χ1v) is 5.25. The van der Waals surface area contributed by atoms with Crippen molar-refractivity contribution in [2.24, 2.45) is 0 Å². The van der Waals surface area contributed by atoms with Gasteiger partial charge in [-0.05, 0) is 24.6 Å². The highest BCUT2D eigenvalue weighted by Gasteiger charge is 2.18. The largest absolute Gasteiger partial charge is 0.488 e. The van der Waals surface area contributed by atoms with Crippen molar-refractivity contribution in [1.82, 2.24) is 0 Å². The van der Waals surface area contributed by atoms with Gasteiger partial charge >= 0.3 is 5.97 Å². The van der Waals surface area contributed by atoms with Gasteiger partial charge in [-0.15, -0.1) is 0 Å². The van der Waals surface area contributed by atoms with Gasteiger partial charge in [0.05, 0.1) is 18.8 Å². The van der Waals surface area contributed by atoms with Crippen LogP contribution in [0.1, 0.15) is 22.3 Å². The van der Waals surface area contributed by atoms with E-state index in [1.54, 1.807) is 18.2 Å². The molecule has 0 aromatic heterocycles. The molecule has 1 fully saturated rings. The zero-order chi connectivity index (χ0) is 11.5. The Morgan fingerprint density at radius 2 is 2.38 bits per heavy atom. The molecule has 1 saturated heterocycles. The van der Waals surface area contributed by atoms with Crippen LogP contribution in [0.25, 0.3) is 0 Å². The van der Waals surface area contributed by atoms with Crippen LogP contribution in [0.4, 0.5) is 0 Å². The Hall–Kier alpha value is -1.55.